The standard InChI is InChI=1S/C26H22ClNO3/c1-17-20(27)13-8-14-21(17)28-24(19-11-6-3-7-12-19)23(25(30)26(28)31)22(29)16-15-18-9-4-2-5-10-18/h2-14,24,30H,15-16H2,1H3. The van der Waals surface area contributed by atoms with Crippen molar-refractivity contribution in [1.82, 2.24) is 0 Å². The smallest absolute Gasteiger partial charge is 0.294 e. The third-order valence-corrected chi connectivity index (χ3v) is 6.02. The molecule has 3 aromatic rings. The highest BCUT2D eigenvalue weighted by Gasteiger charge is 2.44. The lowest BCUT2D eigenvalue weighted by Crippen LogP contribution is -2.31. The van der Waals surface area contributed by atoms with Gasteiger partial charge in [-0.05, 0) is 42.2 Å². The van der Waals surface area contributed by atoms with Crippen molar-refractivity contribution in [3.63, 3.8) is 0 Å². The summed E-state index contributed by atoms with van der Waals surface area (Å²) < 4.78 is 0. The van der Waals surface area contributed by atoms with Gasteiger partial charge in [-0.15, -0.1) is 0 Å². The Balaban J connectivity index is 1.75. The lowest BCUT2D eigenvalue weighted by atomic mass is 9.93. The average Bonchev–Trinajstić information content (AvgIpc) is 3.06. The third kappa shape index (κ3) is 3.99. The van der Waals surface area contributed by atoms with Crippen LogP contribution in [0.3, 0.4) is 0 Å². The quantitative estimate of drug-likeness (QED) is 0.540. The van der Waals surface area contributed by atoms with Gasteiger partial charge in [0.2, 0.25) is 0 Å². The number of aryl methyl sites for hydroxylation is 1. The van der Waals surface area contributed by atoms with E-state index in [1.54, 1.807) is 18.2 Å². The Kier molecular flexibility index (Phi) is 5.92. The molecule has 31 heavy (non-hydrogen) atoms. The molecule has 0 fully saturated rings. The maximum Gasteiger partial charge on any atom is 0.294 e. The molecule has 0 aliphatic carbocycles. The highest BCUT2D eigenvalue weighted by atomic mass is 35.5. The second-order valence-electron chi connectivity index (χ2n) is 7.54. The summed E-state index contributed by atoms with van der Waals surface area (Å²) in [7, 11) is 0. The third-order valence-electron chi connectivity index (χ3n) is 5.61. The predicted octanol–water partition coefficient (Wildman–Crippen LogP) is 5.75. The molecule has 0 radical (unpaired) electrons. The number of ketones is 1. The molecule has 0 spiro atoms. The fraction of sp³-hybridized carbons (Fsp3) is 0.154. The highest BCUT2D eigenvalue weighted by Crippen LogP contribution is 2.43. The molecule has 0 aromatic heterocycles. The second kappa shape index (κ2) is 8.78. The van der Waals surface area contributed by atoms with Gasteiger partial charge in [-0.1, -0.05) is 78.3 Å². The van der Waals surface area contributed by atoms with Crippen molar-refractivity contribution < 1.29 is 14.7 Å². The molecule has 156 valence electrons. The number of rotatable bonds is 6. The van der Waals surface area contributed by atoms with E-state index in [1.165, 1.54) is 4.90 Å². The molecule has 1 unspecified atom stereocenters. The van der Waals surface area contributed by atoms with Crippen LogP contribution >= 0.6 is 11.6 Å². The molecule has 1 aliphatic heterocycles. The zero-order valence-corrected chi connectivity index (χ0v) is 17.8. The van der Waals surface area contributed by atoms with Crippen LogP contribution in [-0.4, -0.2) is 16.8 Å². The van der Waals surface area contributed by atoms with Gasteiger partial charge in [0.25, 0.3) is 5.91 Å². The first-order valence-electron chi connectivity index (χ1n) is 10.1. The summed E-state index contributed by atoms with van der Waals surface area (Å²) in [5.41, 5.74) is 3.20. The van der Waals surface area contributed by atoms with E-state index < -0.39 is 17.7 Å². The van der Waals surface area contributed by atoms with Gasteiger partial charge >= 0.3 is 0 Å². The summed E-state index contributed by atoms with van der Waals surface area (Å²) in [6.07, 6.45) is 0.727. The molecule has 4 nitrogen and oxygen atoms in total. The Morgan fingerprint density at radius 2 is 1.61 bits per heavy atom. The van der Waals surface area contributed by atoms with Crippen LogP contribution in [0.4, 0.5) is 5.69 Å². The number of benzene rings is 3. The minimum absolute atomic E-state index is 0.131. The number of anilines is 1. The first kappa shape index (κ1) is 20.9. The number of halogens is 1. The average molecular weight is 432 g/mol. The lowest BCUT2D eigenvalue weighted by molar-refractivity contribution is -0.118. The second-order valence-corrected chi connectivity index (χ2v) is 7.95. The number of aliphatic hydroxyl groups excluding tert-OH is 1. The molecule has 1 heterocycles. The first-order valence-corrected chi connectivity index (χ1v) is 10.5. The SMILES string of the molecule is Cc1c(Cl)cccc1N1C(=O)C(O)=C(C(=O)CCc2ccccc2)C1c1ccccc1. The number of hydrogen-bond acceptors (Lipinski definition) is 3. The van der Waals surface area contributed by atoms with Crippen LogP contribution < -0.4 is 4.90 Å². The Bertz CT molecular complexity index is 1160. The van der Waals surface area contributed by atoms with Crippen LogP contribution in [0.1, 0.15) is 29.2 Å². The van der Waals surface area contributed by atoms with Crippen molar-refractivity contribution in [1.29, 1.82) is 0 Å². The van der Waals surface area contributed by atoms with Gasteiger partial charge < -0.3 is 5.11 Å². The molecule has 0 saturated carbocycles. The van der Waals surface area contributed by atoms with E-state index in [1.807, 2.05) is 67.6 Å². The zero-order valence-electron chi connectivity index (χ0n) is 17.1. The van der Waals surface area contributed by atoms with E-state index in [-0.39, 0.29) is 17.8 Å². The van der Waals surface area contributed by atoms with Crippen LogP contribution in [0.25, 0.3) is 0 Å². The van der Waals surface area contributed by atoms with Crippen LogP contribution in [0.2, 0.25) is 5.02 Å². The fourth-order valence-corrected chi connectivity index (χ4v) is 4.15. The van der Waals surface area contributed by atoms with Gasteiger partial charge in [-0.25, -0.2) is 0 Å². The van der Waals surface area contributed by atoms with Crippen LogP contribution in [0.5, 0.6) is 0 Å². The first-order chi connectivity index (χ1) is 15.0. The number of aliphatic hydroxyl groups is 1. The maximum atomic E-state index is 13.3. The number of Topliss-reactive ketones (excluding diaryl/α,β-unsaturated/α-hetero) is 1. The Morgan fingerprint density at radius 3 is 2.29 bits per heavy atom. The molecular weight excluding hydrogens is 410 g/mol. The summed E-state index contributed by atoms with van der Waals surface area (Å²) in [4.78, 5) is 27.9. The number of carbonyl (C=O) groups is 2. The van der Waals surface area contributed by atoms with E-state index in [4.69, 9.17) is 11.6 Å². The van der Waals surface area contributed by atoms with Crippen LogP contribution in [-0.2, 0) is 16.0 Å². The lowest BCUT2D eigenvalue weighted by Gasteiger charge is -2.28. The Hall–Kier alpha value is -3.37. The summed E-state index contributed by atoms with van der Waals surface area (Å²) in [6.45, 7) is 1.82. The van der Waals surface area contributed by atoms with Gasteiger partial charge in [-0.2, -0.15) is 0 Å². The summed E-state index contributed by atoms with van der Waals surface area (Å²) in [5.74, 6) is -1.33. The summed E-state index contributed by atoms with van der Waals surface area (Å²) in [5, 5.41) is 11.3. The Labute approximate surface area is 186 Å². The van der Waals surface area contributed by atoms with Crippen molar-refractivity contribution >= 4 is 29.0 Å². The number of carbonyl (C=O) groups excluding carboxylic acids is 2. The van der Waals surface area contributed by atoms with Crippen LogP contribution in [0.15, 0.2) is 90.2 Å². The molecule has 1 amide bonds. The van der Waals surface area contributed by atoms with Crippen LogP contribution in [0, 0.1) is 6.92 Å². The zero-order chi connectivity index (χ0) is 22.0. The summed E-state index contributed by atoms with van der Waals surface area (Å²) in [6, 6.07) is 23.5. The van der Waals surface area contributed by atoms with Gasteiger partial charge in [0.05, 0.1) is 11.6 Å². The van der Waals surface area contributed by atoms with Gasteiger partial charge in [0.15, 0.2) is 11.5 Å². The molecule has 1 N–H and O–H groups in total. The molecule has 1 aliphatic rings. The Morgan fingerprint density at radius 1 is 0.968 bits per heavy atom. The molecule has 0 bridgehead atoms. The minimum atomic E-state index is -0.714. The minimum Gasteiger partial charge on any atom is -0.503 e. The van der Waals surface area contributed by atoms with Crippen molar-refractivity contribution in [2.45, 2.75) is 25.8 Å². The van der Waals surface area contributed by atoms with E-state index in [0.29, 0.717) is 22.7 Å². The topological polar surface area (TPSA) is 57.6 Å². The van der Waals surface area contributed by atoms with E-state index in [9.17, 15) is 14.7 Å². The molecule has 1 atom stereocenters. The molecular formula is C26H22ClNO3. The highest BCUT2D eigenvalue weighted by molar-refractivity contribution is 6.32. The van der Waals surface area contributed by atoms with Crippen molar-refractivity contribution in [2.75, 3.05) is 4.90 Å². The number of amides is 1. The molecule has 5 heteroatoms. The summed E-state index contributed by atoms with van der Waals surface area (Å²) >= 11 is 6.31. The van der Waals surface area contributed by atoms with Gasteiger partial charge in [-0.3, -0.25) is 14.5 Å². The monoisotopic (exact) mass is 431 g/mol. The predicted molar refractivity (Wildman–Crippen MR) is 122 cm³/mol. The van der Waals surface area contributed by atoms with Crippen molar-refractivity contribution in [2.24, 2.45) is 0 Å². The van der Waals surface area contributed by atoms with E-state index in [0.717, 1.165) is 11.1 Å². The van der Waals surface area contributed by atoms with E-state index in [2.05, 4.69) is 0 Å². The fourth-order valence-electron chi connectivity index (χ4n) is 3.98. The molecule has 3 aromatic carbocycles. The van der Waals surface area contributed by atoms with E-state index >= 15 is 0 Å². The molecule has 4 rings (SSSR count). The van der Waals surface area contributed by atoms with Gasteiger partial charge in [0.1, 0.15) is 0 Å². The van der Waals surface area contributed by atoms with Crippen molar-refractivity contribution in [3.8, 4) is 0 Å². The number of nitrogens with zero attached hydrogens (tertiary/aromatic N) is 1. The largest absolute Gasteiger partial charge is 0.503 e. The number of hydrogen-bond donors (Lipinski definition) is 1. The van der Waals surface area contributed by atoms with Gasteiger partial charge in [0, 0.05) is 17.1 Å². The molecule has 0 saturated heterocycles. The normalized spacial score (nSPS) is 16.1. The van der Waals surface area contributed by atoms with Crippen molar-refractivity contribution in [3.05, 3.63) is 112 Å². The maximum absolute atomic E-state index is 13.3.